The second-order valence-electron chi connectivity index (χ2n) is 8.00. The monoisotopic (exact) mass is 490 g/mol. The van der Waals surface area contributed by atoms with Gasteiger partial charge in [0.25, 0.3) is 5.91 Å². The van der Waals surface area contributed by atoms with Crippen molar-refractivity contribution in [2.75, 3.05) is 11.9 Å². The molecular formula is C24H22ClF3N4O2. The maximum Gasteiger partial charge on any atom is 0.416 e. The molecule has 0 aliphatic carbocycles. The molecular weight excluding hydrogens is 469 g/mol. The number of rotatable bonds is 7. The Bertz CT molecular complexity index is 1210. The molecule has 2 heterocycles. The molecule has 0 radical (unpaired) electrons. The first-order chi connectivity index (χ1) is 16.2. The van der Waals surface area contributed by atoms with Crippen LogP contribution in [-0.2, 0) is 25.7 Å². The maximum atomic E-state index is 13.1. The van der Waals surface area contributed by atoms with Crippen LogP contribution < -0.4 is 10.6 Å². The topological polar surface area (TPSA) is 76.0 Å². The number of alkyl halides is 3. The summed E-state index contributed by atoms with van der Waals surface area (Å²) in [6.45, 7) is 0.601. The van der Waals surface area contributed by atoms with E-state index in [1.54, 1.807) is 24.3 Å². The summed E-state index contributed by atoms with van der Waals surface area (Å²) in [5, 5.41) is 6.19. The minimum Gasteiger partial charge on any atom is -0.361 e. The summed E-state index contributed by atoms with van der Waals surface area (Å²) < 4.78 is 40.1. The molecule has 0 saturated heterocycles. The zero-order chi connectivity index (χ0) is 24.3. The van der Waals surface area contributed by atoms with Crippen molar-refractivity contribution >= 4 is 29.1 Å². The van der Waals surface area contributed by atoms with E-state index in [-0.39, 0.29) is 18.9 Å². The molecule has 1 aliphatic rings. The maximum absolute atomic E-state index is 13.1. The number of ketones is 1. The quantitative estimate of drug-likeness (QED) is 0.451. The number of Topliss-reactive ketones (excluding diaryl/α,β-unsaturated/α-hetero) is 1. The van der Waals surface area contributed by atoms with Gasteiger partial charge in [-0.15, -0.1) is 0 Å². The Balaban J connectivity index is 1.48. The molecule has 2 aromatic carbocycles. The lowest BCUT2D eigenvalue weighted by molar-refractivity contribution is -0.137. The van der Waals surface area contributed by atoms with E-state index in [0.29, 0.717) is 40.6 Å². The molecule has 0 fully saturated rings. The lowest BCUT2D eigenvalue weighted by Gasteiger charge is -2.16. The molecule has 10 heteroatoms. The largest absolute Gasteiger partial charge is 0.416 e. The molecule has 6 nitrogen and oxygen atoms in total. The van der Waals surface area contributed by atoms with Gasteiger partial charge in [0.2, 0.25) is 0 Å². The van der Waals surface area contributed by atoms with Gasteiger partial charge in [-0.25, -0.2) is 4.98 Å². The highest BCUT2D eigenvalue weighted by Gasteiger charge is 2.30. The zero-order valence-corrected chi connectivity index (χ0v) is 18.8. The Labute approximate surface area is 199 Å². The average Bonchev–Trinajstić information content (AvgIpc) is 3.19. The molecule has 0 spiro atoms. The van der Waals surface area contributed by atoms with Crippen LogP contribution in [0.1, 0.15) is 50.6 Å². The van der Waals surface area contributed by atoms with E-state index in [2.05, 4.69) is 15.6 Å². The van der Waals surface area contributed by atoms with Crippen LogP contribution in [0, 0.1) is 0 Å². The van der Waals surface area contributed by atoms with Crippen LogP contribution in [0.15, 0.2) is 48.5 Å². The molecule has 3 aromatic rings. The number of aryl methyl sites for hydroxylation is 1. The summed E-state index contributed by atoms with van der Waals surface area (Å²) in [5.74, 6) is 0.434. The van der Waals surface area contributed by atoms with Crippen LogP contribution in [0.2, 0.25) is 5.02 Å². The number of hydrogen-bond donors (Lipinski definition) is 2. The van der Waals surface area contributed by atoms with Gasteiger partial charge in [0, 0.05) is 30.1 Å². The van der Waals surface area contributed by atoms with Crippen molar-refractivity contribution in [2.24, 2.45) is 0 Å². The number of amides is 1. The molecule has 34 heavy (non-hydrogen) atoms. The van der Waals surface area contributed by atoms with Crippen molar-refractivity contribution < 1.29 is 22.8 Å². The first-order valence-corrected chi connectivity index (χ1v) is 11.2. The predicted octanol–water partition coefficient (Wildman–Crippen LogP) is 5.12. The highest BCUT2D eigenvalue weighted by atomic mass is 35.5. The second-order valence-corrected chi connectivity index (χ2v) is 8.43. The molecule has 0 unspecified atom stereocenters. The molecule has 0 atom stereocenters. The number of hydrogen-bond acceptors (Lipinski definition) is 4. The number of carbonyl (C=O) groups excluding carboxylic acids is 2. The fourth-order valence-corrected chi connectivity index (χ4v) is 4.03. The fourth-order valence-electron chi connectivity index (χ4n) is 3.84. The van der Waals surface area contributed by atoms with E-state index in [0.717, 1.165) is 30.8 Å². The van der Waals surface area contributed by atoms with Crippen LogP contribution in [-0.4, -0.2) is 27.8 Å². The van der Waals surface area contributed by atoms with Crippen LogP contribution in [0.4, 0.5) is 19.0 Å². The van der Waals surface area contributed by atoms with Crippen LogP contribution in [0.25, 0.3) is 0 Å². The number of halogens is 4. The van der Waals surface area contributed by atoms with Crippen LogP contribution in [0.3, 0.4) is 0 Å². The normalized spacial score (nSPS) is 13.3. The zero-order valence-electron chi connectivity index (χ0n) is 18.1. The molecule has 0 bridgehead atoms. The predicted molar refractivity (Wildman–Crippen MR) is 122 cm³/mol. The molecule has 178 valence electrons. The fraction of sp³-hybridized carbons (Fsp3) is 0.292. The lowest BCUT2D eigenvalue weighted by atomic mass is 10.1. The third kappa shape index (κ3) is 5.41. The summed E-state index contributed by atoms with van der Waals surface area (Å²) in [5.41, 5.74) is 0.534. The number of benzene rings is 2. The van der Waals surface area contributed by atoms with Gasteiger partial charge < -0.3 is 15.2 Å². The van der Waals surface area contributed by atoms with Crippen molar-refractivity contribution in [2.45, 2.75) is 38.5 Å². The molecule has 0 saturated carbocycles. The van der Waals surface area contributed by atoms with Gasteiger partial charge in [0.05, 0.1) is 12.1 Å². The van der Waals surface area contributed by atoms with Crippen LogP contribution in [0.5, 0.6) is 0 Å². The minimum atomic E-state index is -4.42. The molecule has 1 amide bonds. The van der Waals surface area contributed by atoms with Gasteiger partial charge in [0.1, 0.15) is 5.82 Å². The van der Waals surface area contributed by atoms with E-state index in [1.165, 1.54) is 12.1 Å². The summed E-state index contributed by atoms with van der Waals surface area (Å²) in [6, 6.07) is 11.2. The number of carbonyl (C=O) groups is 2. The van der Waals surface area contributed by atoms with Crippen molar-refractivity contribution in [3.8, 4) is 0 Å². The number of nitrogens with zero attached hydrogens (tertiary/aromatic N) is 2. The third-order valence-electron chi connectivity index (χ3n) is 5.59. The Morgan fingerprint density at radius 1 is 1.09 bits per heavy atom. The standard InChI is InChI=1S/C24H22ClF3N4O2/c25-18-5-3-4-16(12-18)19(33)14-29-22-21(32-11-2-1-6-20(32)31-22)23(34)30-13-15-7-9-17(10-8-15)24(26,27)28/h3-5,7-10,12,29H,1-2,6,11,13-14H2,(H,30,34). The van der Waals surface area contributed by atoms with Gasteiger partial charge in [0.15, 0.2) is 17.3 Å². The number of fused-ring (bicyclic) bond motifs is 1. The second kappa shape index (κ2) is 9.89. The molecule has 4 rings (SSSR count). The Kier molecular flexibility index (Phi) is 6.92. The Morgan fingerprint density at radius 2 is 1.85 bits per heavy atom. The number of nitrogens with one attached hydrogen (secondary N) is 2. The first kappa shape index (κ1) is 23.8. The van der Waals surface area contributed by atoms with Gasteiger partial charge in [-0.2, -0.15) is 13.2 Å². The number of anilines is 1. The highest BCUT2D eigenvalue weighted by molar-refractivity contribution is 6.31. The van der Waals surface area contributed by atoms with Gasteiger partial charge in [-0.05, 0) is 42.7 Å². The Morgan fingerprint density at radius 3 is 2.56 bits per heavy atom. The van der Waals surface area contributed by atoms with Crippen molar-refractivity contribution in [3.05, 3.63) is 81.8 Å². The van der Waals surface area contributed by atoms with Crippen molar-refractivity contribution in [1.29, 1.82) is 0 Å². The van der Waals surface area contributed by atoms with E-state index in [1.807, 2.05) is 4.57 Å². The van der Waals surface area contributed by atoms with Gasteiger partial charge in [-0.3, -0.25) is 9.59 Å². The summed E-state index contributed by atoms with van der Waals surface area (Å²) >= 11 is 5.96. The van der Waals surface area contributed by atoms with Crippen molar-refractivity contribution in [3.63, 3.8) is 0 Å². The lowest BCUT2D eigenvalue weighted by Crippen LogP contribution is -2.28. The summed E-state index contributed by atoms with van der Waals surface area (Å²) in [6.07, 6.45) is -1.86. The minimum absolute atomic E-state index is 0.0539. The van der Waals surface area contributed by atoms with Gasteiger partial charge >= 0.3 is 6.18 Å². The molecule has 1 aliphatic heterocycles. The average molecular weight is 491 g/mol. The SMILES string of the molecule is O=C(CNc1nc2n(c1C(=O)NCc1ccc(C(F)(F)F)cc1)CCCC2)c1cccc(Cl)c1. The number of imidazole rings is 1. The van der Waals surface area contributed by atoms with Crippen LogP contribution >= 0.6 is 11.6 Å². The van der Waals surface area contributed by atoms with E-state index in [4.69, 9.17) is 11.6 Å². The smallest absolute Gasteiger partial charge is 0.361 e. The van der Waals surface area contributed by atoms with E-state index in [9.17, 15) is 22.8 Å². The van der Waals surface area contributed by atoms with E-state index >= 15 is 0 Å². The molecule has 1 aromatic heterocycles. The summed E-state index contributed by atoms with van der Waals surface area (Å²) in [4.78, 5) is 30.2. The highest BCUT2D eigenvalue weighted by Crippen LogP contribution is 2.29. The van der Waals surface area contributed by atoms with Crippen molar-refractivity contribution in [1.82, 2.24) is 14.9 Å². The van der Waals surface area contributed by atoms with E-state index < -0.39 is 17.6 Å². The number of aromatic nitrogens is 2. The Hall–Kier alpha value is -3.33. The first-order valence-electron chi connectivity index (χ1n) is 10.8. The van der Waals surface area contributed by atoms with Gasteiger partial charge in [-0.1, -0.05) is 35.9 Å². The third-order valence-corrected chi connectivity index (χ3v) is 5.83. The molecule has 2 N–H and O–H groups in total. The summed E-state index contributed by atoms with van der Waals surface area (Å²) in [7, 11) is 0.